The Hall–Kier alpha value is -2.35. The maximum atomic E-state index is 11.1. The van der Waals surface area contributed by atoms with Gasteiger partial charge in [-0.15, -0.1) is 0 Å². The number of hydrogen-bond acceptors (Lipinski definition) is 6. The van der Waals surface area contributed by atoms with E-state index in [4.69, 9.17) is 24.1 Å². The molecule has 0 saturated heterocycles. The molecule has 7 nitrogen and oxygen atoms in total. The number of carbonyl (C=O) groups is 1. The number of benzene rings is 1. The summed E-state index contributed by atoms with van der Waals surface area (Å²) in [6.45, 7) is 13.2. The minimum Gasteiger partial charge on any atom is -0.507 e. The molecular formula is C30H46O7. The van der Waals surface area contributed by atoms with Gasteiger partial charge in [0.1, 0.15) is 18.1 Å². The molecule has 7 heteroatoms. The van der Waals surface area contributed by atoms with E-state index >= 15 is 0 Å². The fourth-order valence-corrected chi connectivity index (χ4v) is 4.66. The topological polar surface area (TPSA) is 94.5 Å². The Morgan fingerprint density at radius 3 is 2.30 bits per heavy atom. The lowest BCUT2D eigenvalue weighted by Crippen LogP contribution is -2.19. The molecule has 2 atom stereocenters. The van der Waals surface area contributed by atoms with Crippen molar-refractivity contribution in [3.05, 3.63) is 47.1 Å². The molecule has 1 aromatic rings. The quantitative estimate of drug-likeness (QED) is 0.170. The third kappa shape index (κ3) is 11.3. The van der Waals surface area contributed by atoms with Crippen LogP contribution in [0.3, 0.4) is 0 Å². The van der Waals surface area contributed by atoms with Crippen molar-refractivity contribution in [3.8, 4) is 11.5 Å². The minimum absolute atomic E-state index is 0.00522. The first-order chi connectivity index (χ1) is 17.8. The molecule has 1 aliphatic carbocycles. The van der Waals surface area contributed by atoms with E-state index in [1.807, 2.05) is 6.07 Å². The maximum Gasteiger partial charge on any atom is 0.305 e. The molecule has 0 heterocycles. The number of aryl methyl sites for hydroxylation is 1. The van der Waals surface area contributed by atoms with Crippen LogP contribution in [-0.4, -0.2) is 62.4 Å². The molecule has 0 aromatic heterocycles. The summed E-state index contributed by atoms with van der Waals surface area (Å²) in [6.07, 6.45) is 8.63. The number of carboxylic acids is 1. The summed E-state index contributed by atoms with van der Waals surface area (Å²) in [7, 11) is 0. The van der Waals surface area contributed by atoms with Crippen molar-refractivity contribution < 1.29 is 34.0 Å². The normalized spacial score (nSPS) is 17.4. The standard InChI is InChI=1S/C30H46O7/c1-5-6-7-8-24-20-27(31)30(26-19-23(4)9-10-25(26)22(2)3)28(21-24)37-18-17-36-16-15-35-14-13-34-12-11-29(32)33/h19-21,25-26,31H,2,5-18H2,1,3-4H3,(H,32,33). The Kier molecular flexibility index (Phi) is 14.4. The van der Waals surface area contributed by atoms with E-state index in [2.05, 4.69) is 39.5 Å². The average molecular weight is 519 g/mol. The first kappa shape index (κ1) is 30.9. The van der Waals surface area contributed by atoms with Crippen LogP contribution in [-0.2, 0) is 25.4 Å². The van der Waals surface area contributed by atoms with Gasteiger partial charge in [0.15, 0.2) is 0 Å². The molecule has 0 amide bonds. The summed E-state index contributed by atoms with van der Waals surface area (Å²) in [6, 6.07) is 4.00. The highest BCUT2D eigenvalue weighted by molar-refractivity contribution is 5.66. The van der Waals surface area contributed by atoms with Crippen molar-refractivity contribution >= 4 is 5.97 Å². The van der Waals surface area contributed by atoms with E-state index in [9.17, 15) is 9.90 Å². The number of aromatic hydroxyl groups is 1. The van der Waals surface area contributed by atoms with Gasteiger partial charge < -0.3 is 29.2 Å². The Morgan fingerprint density at radius 2 is 1.68 bits per heavy atom. The van der Waals surface area contributed by atoms with Crippen molar-refractivity contribution in [1.29, 1.82) is 0 Å². The molecule has 208 valence electrons. The lowest BCUT2D eigenvalue weighted by atomic mass is 9.73. The summed E-state index contributed by atoms with van der Waals surface area (Å²) >= 11 is 0. The molecule has 0 bridgehead atoms. The van der Waals surface area contributed by atoms with Crippen LogP contribution in [0.5, 0.6) is 11.5 Å². The third-order valence-electron chi connectivity index (χ3n) is 6.65. The van der Waals surface area contributed by atoms with Crippen LogP contribution in [0.1, 0.15) is 76.3 Å². The van der Waals surface area contributed by atoms with Gasteiger partial charge in [0, 0.05) is 11.5 Å². The molecule has 37 heavy (non-hydrogen) atoms. The van der Waals surface area contributed by atoms with Crippen molar-refractivity contribution in [2.75, 3.05) is 46.2 Å². The molecular weight excluding hydrogens is 472 g/mol. The van der Waals surface area contributed by atoms with Crippen LogP contribution in [0.15, 0.2) is 35.9 Å². The van der Waals surface area contributed by atoms with Gasteiger partial charge in [-0.2, -0.15) is 0 Å². The fourth-order valence-electron chi connectivity index (χ4n) is 4.66. The number of rotatable bonds is 19. The molecule has 2 unspecified atom stereocenters. The van der Waals surface area contributed by atoms with Crippen LogP contribution in [0.25, 0.3) is 0 Å². The van der Waals surface area contributed by atoms with Crippen LogP contribution < -0.4 is 4.74 Å². The van der Waals surface area contributed by atoms with Crippen molar-refractivity contribution in [1.82, 2.24) is 0 Å². The fraction of sp³-hybridized carbons (Fsp3) is 0.633. The van der Waals surface area contributed by atoms with Gasteiger partial charge in [-0.3, -0.25) is 4.79 Å². The molecule has 0 radical (unpaired) electrons. The minimum atomic E-state index is -0.872. The second kappa shape index (κ2) is 17.2. The van der Waals surface area contributed by atoms with Crippen molar-refractivity contribution in [3.63, 3.8) is 0 Å². The molecule has 0 fully saturated rings. The first-order valence-electron chi connectivity index (χ1n) is 13.6. The zero-order chi connectivity index (χ0) is 27.0. The van der Waals surface area contributed by atoms with E-state index in [1.54, 1.807) is 0 Å². The second-order valence-corrected chi connectivity index (χ2v) is 9.84. The number of aliphatic carboxylic acids is 1. The Labute approximate surface area is 222 Å². The summed E-state index contributed by atoms with van der Waals surface area (Å²) in [5.41, 5.74) is 4.39. The highest BCUT2D eigenvalue weighted by Crippen LogP contribution is 2.47. The van der Waals surface area contributed by atoms with Gasteiger partial charge in [-0.05, 0) is 63.1 Å². The predicted octanol–water partition coefficient (Wildman–Crippen LogP) is 6.04. The van der Waals surface area contributed by atoms with Gasteiger partial charge in [-0.1, -0.05) is 43.6 Å². The maximum absolute atomic E-state index is 11.1. The zero-order valence-corrected chi connectivity index (χ0v) is 22.9. The number of ether oxygens (including phenoxy) is 4. The lowest BCUT2D eigenvalue weighted by Gasteiger charge is -2.32. The number of hydrogen-bond donors (Lipinski definition) is 2. The Balaban J connectivity index is 1.93. The van der Waals surface area contributed by atoms with E-state index in [0.717, 1.165) is 61.0 Å². The van der Waals surface area contributed by atoms with Crippen LogP contribution >= 0.6 is 0 Å². The van der Waals surface area contributed by atoms with Gasteiger partial charge in [0.25, 0.3) is 0 Å². The third-order valence-corrected chi connectivity index (χ3v) is 6.65. The molecule has 0 spiro atoms. The number of unbranched alkanes of at least 4 members (excludes halogenated alkanes) is 2. The Bertz CT molecular complexity index is 877. The molecule has 2 rings (SSSR count). The van der Waals surface area contributed by atoms with E-state index in [1.165, 1.54) is 5.57 Å². The highest BCUT2D eigenvalue weighted by atomic mass is 16.6. The number of phenolic OH excluding ortho intramolecular Hbond substituents is 1. The van der Waals surface area contributed by atoms with Gasteiger partial charge in [0.05, 0.1) is 46.1 Å². The summed E-state index contributed by atoms with van der Waals surface area (Å²) < 4.78 is 22.5. The molecule has 0 saturated carbocycles. The number of phenols is 1. The molecule has 2 N–H and O–H groups in total. The number of allylic oxidation sites excluding steroid dienone is 3. The monoisotopic (exact) mass is 518 g/mol. The summed E-state index contributed by atoms with van der Waals surface area (Å²) in [4.78, 5) is 10.4. The summed E-state index contributed by atoms with van der Waals surface area (Å²) in [5.74, 6) is 0.462. The van der Waals surface area contributed by atoms with Crippen LogP contribution in [0.4, 0.5) is 0 Å². The van der Waals surface area contributed by atoms with Crippen LogP contribution in [0, 0.1) is 5.92 Å². The van der Waals surface area contributed by atoms with Gasteiger partial charge in [-0.25, -0.2) is 0 Å². The van der Waals surface area contributed by atoms with E-state index in [0.29, 0.717) is 45.4 Å². The average Bonchev–Trinajstić information content (AvgIpc) is 2.84. The SMILES string of the molecule is C=C(C)C1CCC(C)=CC1c1c(O)cc(CCCCC)cc1OCCOCCOCCOCCC(=O)O. The van der Waals surface area contributed by atoms with Gasteiger partial charge >= 0.3 is 5.97 Å². The second-order valence-electron chi connectivity index (χ2n) is 9.84. The zero-order valence-electron chi connectivity index (χ0n) is 22.9. The molecule has 1 aliphatic rings. The van der Waals surface area contributed by atoms with E-state index in [-0.39, 0.29) is 24.9 Å². The van der Waals surface area contributed by atoms with Gasteiger partial charge in [0.2, 0.25) is 0 Å². The smallest absolute Gasteiger partial charge is 0.305 e. The lowest BCUT2D eigenvalue weighted by molar-refractivity contribution is -0.138. The number of carboxylic acid groups (broad SMARTS) is 1. The van der Waals surface area contributed by atoms with E-state index < -0.39 is 5.97 Å². The Morgan fingerprint density at radius 1 is 1.03 bits per heavy atom. The largest absolute Gasteiger partial charge is 0.507 e. The van der Waals surface area contributed by atoms with Crippen LogP contribution in [0.2, 0.25) is 0 Å². The summed E-state index contributed by atoms with van der Waals surface area (Å²) in [5, 5.41) is 19.7. The predicted molar refractivity (Wildman–Crippen MR) is 146 cm³/mol. The molecule has 0 aliphatic heterocycles. The van der Waals surface area contributed by atoms with Crippen molar-refractivity contribution in [2.24, 2.45) is 5.92 Å². The first-order valence-corrected chi connectivity index (χ1v) is 13.6. The molecule has 1 aromatic carbocycles. The highest BCUT2D eigenvalue weighted by Gasteiger charge is 2.30. The van der Waals surface area contributed by atoms with Crippen molar-refractivity contribution in [2.45, 2.75) is 71.6 Å².